The molecule has 0 fully saturated rings. The summed E-state index contributed by atoms with van der Waals surface area (Å²) in [6.45, 7) is 1.58. The summed E-state index contributed by atoms with van der Waals surface area (Å²) in [7, 11) is 0. The molecule has 0 heterocycles. The number of ether oxygens (including phenoxy) is 1. The lowest BCUT2D eigenvalue weighted by atomic mass is 10.1. The maximum Gasteiger partial charge on any atom is 0.120 e. The molecule has 0 radical (unpaired) electrons. The van der Waals surface area contributed by atoms with Crippen LogP contribution in [-0.2, 0) is 6.61 Å². The molecule has 4 nitrogen and oxygen atoms in total. The number of aryl methyl sites for hydroxylation is 1. The Morgan fingerprint density at radius 1 is 1.27 bits per heavy atom. The molecule has 1 unspecified atom stereocenters. The van der Waals surface area contributed by atoms with Gasteiger partial charge in [0.1, 0.15) is 18.5 Å². The Bertz CT molecular complexity index is 311. The molecule has 0 saturated carbocycles. The fourth-order valence-corrected chi connectivity index (χ4v) is 1.24. The van der Waals surface area contributed by atoms with Crippen molar-refractivity contribution < 1.29 is 20.1 Å². The van der Waals surface area contributed by atoms with Crippen molar-refractivity contribution >= 4 is 0 Å². The molecule has 0 bridgehead atoms. The highest BCUT2D eigenvalue weighted by atomic mass is 16.5. The molecule has 0 saturated heterocycles. The second-order valence-corrected chi connectivity index (χ2v) is 3.46. The summed E-state index contributed by atoms with van der Waals surface area (Å²) in [6, 6.07) is 5.37. The van der Waals surface area contributed by atoms with Crippen molar-refractivity contribution in [3.63, 3.8) is 0 Å². The van der Waals surface area contributed by atoms with E-state index in [2.05, 4.69) is 0 Å². The Hall–Kier alpha value is -1.10. The van der Waals surface area contributed by atoms with E-state index in [-0.39, 0.29) is 19.8 Å². The van der Waals surface area contributed by atoms with Crippen molar-refractivity contribution in [1.82, 2.24) is 0 Å². The minimum Gasteiger partial charge on any atom is -0.491 e. The standard InChI is InChI=1S/C11H16O4/c1-8-2-9(5-12)4-11(3-8)15-7-10(14)6-13/h2-4,10,12-14H,5-7H2,1H3. The number of aliphatic hydroxyl groups is 3. The molecule has 0 aliphatic rings. The quantitative estimate of drug-likeness (QED) is 0.653. The van der Waals surface area contributed by atoms with Crippen LogP contribution >= 0.6 is 0 Å². The summed E-state index contributed by atoms with van der Waals surface area (Å²) in [4.78, 5) is 0. The summed E-state index contributed by atoms with van der Waals surface area (Å²) in [5.41, 5.74) is 1.75. The molecular weight excluding hydrogens is 196 g/mol. The number of hydrogen-bond acceptors (Lipinski definition) is 4. The molecule has 0 aliphatic heterocycles. The largest absolute Gasteiger partial charge is 0.491 e. The third-order valence-electron chi connectivity index (χ3n) is 1.95. The van der Waals surface area contributed by atoms with Gasteiger partial charge in [-0.3, -0.25) is 0 Å². The van der Waals surface area contributed by atoms with E-state index in [0.29, 0.717) is 5.75 Å². The molecule has 1 rings (SSSR count). The predicted molar refractivity (Wildman–Crippen MR) is 55.7 cm³/mol. The first-order valence-corrected chi connectivity index (χ1v) is 4.79. The van der Waals surface area contributed by atoms with Gasteiger partial charge in [-0.05, 0) is 30.2 Å². The lowest BCUT2D eigenvalue weighted by Gasteiger charge is -2.11. The van der Waals surface area contributed by atoms with Crippen LogP contribution in [0.5, 0.6) is 5.75 Å². The van der Waals surface area contributed by atoms with Crippen molar-refractivity contribution in [2.75, 3.05) is 13.2 Å². The van der Waals surface area contributed by atoms with Gasteiger partial charge in [-0.25, -0.2) is 0 Å². The maximum atomic E-state index is 9.09. The Morgan fingerprint density at radius 2 is 2.00 bits per heavy atom. The van der Waals surface area contributed by atoms with Gasteiger partial charge in [-0.15, -0.1) is 0 Å². The molecule has 0 aromatic heterocycles. The van der Waals surface area contributed by atoms with Crippen molar-refractivity contribution in [2.24, 2.45) is 0 Å². The molecule has 15 heavy (non-hydrogen) atoms. The van der Waals surface area contributed by atoms with Crippen molar-refractivity contribution in [3.05, 3.63) is 29.3 Å². The summed E-state index contributed by atoms with van der Waals surface area (Å²) in [5.74, 6) is 0.589. The first kappa shape index (κ1) is 12.0. The molecule has 1 aromatic carbocycles. The number of aliphatic hydroxyl groups excluding tert-OH is 3. The molecule has 1 aromatic rings. The molecule has 0 amide bonds. The summed E-state index contributed by atoms with van der Waals surface area (Å²) in [5, 5.41) is 26.7. The van der Waals surface area contributed by atoms with E-state index >= 15 is 0 Å². The fraction of sp³-hybridized carbons (Fsp3) is 0.455. The van der Waals surface area contributed by atoms with E-state index in [1.807, 2.05) is 19.1 Å². The highest BCUT2D eigenvalue weighted by Crippen LogP contribution is 2.17. The maximum absolute atomic E-state index is 9.09. The fourth-order valence-electron chi connectivity index (χ4n) is 1.24. The smallest absolute Gasteiger partial charge is 0.120 e. The Balaban J connectivity index is 2.64. The van der Waals surface area contributed by atoms with Gasteiger partial charge >= 0.3 is 0 Å². The van der Waals surface area contributed by atoms with Gasteiger partial charge in [-0.2, -0.15) is 0 Å². The topological polar surface area (TPSA) is 69.9 Å². The lowest BCUT2D eigenvalue weighted by molar-refractivity contribution is 0.0535. The zero-order chi connectivity index (χ0) is 11.3. The molecule has 4 heteroatoms. The van der Waals surface area contributed by atoms with E-state index in [1.165, 1.54) is 0 Å². The van der Waals surface area contributed by atoms with Crippen LogP contribution in [0, 0.1) is 6.92 Å². The van der Waals surface area contributed by atoms with Crippen LogP contribution in [0.1, 0.15) is 11.1 Å². The second-order valence-electron chi connectivity index (χ2n) is 3.46. The van der Waals surface area contributed by atoms with Crippen molar-refractivity contribution in [1.29, 1.82) is 0 Å². The molecule has 3 N–H and O–H groups in total. The van der Waals surface area contributed by atoms with Crippen LogP contribution in [0.3, 0.4) is 0 Å². The van der Waals surface area contributed by atoms with Crippen molar-refractivity contribution in [2.45, 2.75) is 19.6 Å². The van der Waals surface area contributed by atoms with E-state index in [4.69, 9.17) is 20.1 Å². The highest BCUT2D eigenvalue weighted by molar-refractivity contribution is 5.33. The minimum absolute atomic E-state index is 0.0411. The monoisotopic (exact) mass is 212 g/mol. The summed E-state index contributed by atoms with van der Waals surface area (Å²) < 4.78 is 5.26. The minimum atomic E-state index is -0.872. The second kappa shape index (κ2) is 5.70. The molecular formula is C11H16O4. The van der Waals surface area contributed by atoms with Crippen LogP contribution < -0.4 is 4.74 Å². The van der Waals surface area contributed by atoms with E-state index < -0.39 is 6.10 Å². The van der Waals surface area contributed by atoms with Crippen LogP contribution in [0.4, 0.5) is 0 Å². The Labute approximate surface area is 88.8 Å². The summed E-state index contributed by atoms with van der Waals surface area (Å²) >= 11 is 0. The van der Waals surface area contributed by atoms with Crippen LogP contribution in [0.25, 0.3) is 0 Å². The molecule has 84 valence electrons. The third-order valence-corrected chi connectivity index (χ3v) is 1.95. The van der Waals surface area contributed by atoms with Crippen molar-refractivity contribution in [3.8, 4) is 5.75 Å². The zero-order valence-corrected chi connectivity index (χ0v) is 8.68. The van der Waals surface area contributed by atoms with Gasteiger partial charge in [0.2, 0.25) is 0 Å². The predicted octanol–water partition coefficient (Wildman–Crippen LogP) is 0.219. The number of benzene rings is 1. The van der Waals surface area contributed by atoms with Crippen LogP contribution in [0.15, 0.2) is 18.2 Å². The first-order valence-electron chi connectivity index (χ1n) is 4.79. The average Bonchev–Trinajstić information content (AvgIpc) is 2.25. The Morgan fingerprint density at radius 3 is 2.60 bits per heavy atom. The van der Waals surface area contributed by atoms with Crippen LogP contribution in [0.2, 0.25) is 0 Å². The molecule has 0 spiro atoms. The lowest BCUT2D eigenvalue weighted by Crippen LogP contribution is -2.21. The highest BCUT2D eigenvalue weighted by Gasteiger charge is 2.04. The number of hydrogen-bond donors (Lipinski definition) is 3. The van der Waals surface area contributed by atoms with E-state index in [0.717, 1.165) is 11.1 Å². The van der Waals surface area contributed by atoms with Gasteiger partial charge in [0.25, 0.3) is 0 Å². The van der Waals surface area contributed by atoms with Gasteiger partial charge in [0.15, 0.2) is 0 Å². The first-order chi connectivity index (χ1) is 7.15. The molecule has 0 aliphatic carbocycles. The van der Waals surface area contributed by atoms with Gasteiger partial charge in [-0.1, -0.05) is 6.07 Å². The third kappa shape index (κ3) is 3.87. The summed E-state index contributed by atoms with van der Waals surface area (Å²) in [6.07, 6.45) is -0.872. The van der Waals surface area contributed by atoms with Gasteiger partial charge < -0.3 is 20.1 Å². The van der Waals surface area contributed by atoms with Gasteiger partial charge in [0, 0.05) is 0 Å². The number of rotatable bonds is 5. The van der Waals surface area contributed by atoms with E-state index in [1.54, 1.807) is 6.07 Å². The average molecular weight is 212 g/mol. The Kier molecular flexibility index (Phi) is 4.55. The zero-order valence-electron chi connectivity index (χ0n) is 8.68. The SMILES string of the molecule is Cc1cc(CO)cc(OCC(O)CO)c1. The van der Waals surface area contributed by atoms with E-state index in [9.17, 15) is 0 Å². The van der Waals surface area contributed by atoms with Gasteiger partial charge in [0.05, 0.1) is 13.2 Å². The van der Waals surface area contributed by atoms with Crippen LogP contribution in [-0.4, -0.2) is 34.6 Å². The molecule has 1 atom stereocenters. The normalized spacial score (nSPS) is 12.5.